The molecule has 0 spiro atoms. The van der Waals surface area contributed by atoms with E-state index in [1.807, 2.05) is 0 Å². The number of likely N-dealkylation sites (tertiary alicyclic amines) is 1. The van der Waals surface area contributed by atoms with Crippen LogP contribution in [0.3, 0.4) is 0 Å². The Morgan fingerprint density at radius 1 is 1.11 bits per heavy atom. The van der Waals surface area contributed by atoms with Crippen LogP contribution in [-0.2, 0) is 0 Å². The van der Waals surface area contributed by atoms with Crippen LogP contribution in [-0.4, -0.2) is 30.6 Å². The molecule has 2 unspecified atom stereocenters. The van der Waals surface area contributed by atoms with Gasteiger partial charge in [0, 0.05) is 6.04 Å². The SMILES string of the molecule is CCCC(CCN)CCCN1CCCCCC1CC. The Balaban J connectivity index is 2.28. The lowest BCUT2D eigenvalue weighted by Gasteiger charge is -2.29. The molecule has 2 N–H and O–H groups in total. The Labute approximate surface area is 121 Å². The molecule has 1 aliphatic rings. The van der Waals surface area contributed by atoms with E-state index in [-0.39, 0.29) is 0 Å². The summed E-state index contributed by atoms with van der Waals surface area (Å²) in [4.78, 5) is 2.78. The van der Waals surface area contributed by atoms with E-state index in [9.17, 15) is 0 Å². The Bertz CT molecular complexity index is 199. The first-order chi connectivity index (χ1) is 9.31. The highest BCUT2D eigenvalue weighted by Gasteiger charge is 2.19. The Kier molecular flexibility index (Phi) is 9.54. The van der Waals surface area contributed by atoms with Crippen molar-refractivity contribution in [3.05, 3.63) is 0 Å². The first kappa shape index (κ1) is 17.0. The van der Waals surface area contributed by atoms with E-state index in [4.69, 9.17) is 5.73 Å². The van der Waals surface area contributed by atoms with Crippen LogP contribution in [0.25, 0.3) is 0 Å². The number of hydrogen-bond donors (Lipinski definition) is 1. The van der Waals surface area contributed by atoms with E-state index in [1.165, 1.54) is 77.3 Å². The normalized spacial score (nSPS) is 23.2. The van der Waals surface area contributed by atoms with Gasteiger partial charge in [0.25, 0.3) is 0 Å². The summed E-state index contributed by atoms with van der Waals surface area (Å²) < 4.78 is 0. The van der Waals surface area contributed by atoms with Crippen molar-refractivity contribution in [2.24, 2.45) is 11.7 Å². The quantitative estimate of drug-likeness (QED) is 0.679. The Morgan fingerprint density at radius 3 is 2.63 bits per heavy atom. The lowest BCUT2D eigenvalue weighted by atomic mass is 9.94. The fraction of sp³-hybridized carbons (Fsp3) is 1.00. The highest BCUT2D eigenvalue weighted by molar-refractivity contribution is 4.74. The van der Waals surface area contributed by atoms with Crippen molar-refractivity contribution >= 4 is 0 Å². The van der Waals surface area contributed by atoms with Gasteiger partial charge in [0.15, 0.2) is 0 Å². The van der Waals surface area contributed by atoms with Gasteiger partial charge in [0.05, 0.1) is 0 Å². The molecule has 0 aromatic rings. The summed E-state index contributed by atoms with van der Waals surface area (Å²) in [5.74, 6) is 0.877. The highest BCUT2D eigenvalue weighted by atomic mass is 15.1. The van der Waals surface area contributed by atoms with Crippen LogP contribution < -0.4 is 5.73 Å². The highest BCUT2D eigenvalue weighted by Crippen LogP contribution is 2.22. The molecule has 0 aromatic heterocycles. The number of hydrogen-bond acceptors (Lipinski definition) is 2. The standard InChI is InChI=1S/C17H36N2/c1-3-9-16(12-13-18)10-8-15-19-14-7-5-6-11-17(19)4-2/h16-17H,3-15,18H2,1-2H3. The third kappa shape index (κ3) is 6.76. The molecule has 1 fully saturated rings. The monoisotopic (exact) mass is 268 g/mol. The number of rotatable bonds is 9. The molecule has 0 saturated carbocycles. The van der Waals surface area contributed by atoms with E-state index >= 15 is 0 Å². The number of nitrogens with two attached hydrogens (primary N) is 1. The van der Waals surface area contributed by atoms with Crippen molar-refractivity contribution in [2.75, 3.05) is 19.6 Å². The molecular formula is C17H36N2. The van der Waals surface area contributed by atoms with Gasteiger partial charge in [-0.25, -0.2) is 0 Å². The molecule has 0 bridgehead atoms. The Morgan fingerprint density at radius 2 is 1.95 bits per heavy atom. The van der Waals surface area contributed by atoms with Gasteiger partial charge in [0.2, 0.25) is 0 Å². The van der Waals surface area contributed by atoms with Gasteiger partial charge in [0.1, 0.15) is 0 Å². The van der Waals surface area contributed by atoms with Gasteiger partial charge >= 0.3 is 0 Å². The summed E-state index contributed by atoms with van der Waals surface area (Å²) >= 11 is 0. The number of nitrogens with zero attached hydrogens (tertiary/aromatic N) is 1. The van der Waals surface area contributed by atoms with Crippen molar-refractivity contribution in [2.45, 2.75) is 84.1 Å². The predicted octanol–water partition coefficient (Wildman–Crippen LogP) is 4.19. The van der Waals surface area contributed by atoms with Crippen LogP contribution in [0.1, 0.15) is 78.1 Å². The predicted molar refractivity (Wildman–Crippen MR) is 85.4 cm³/mol. The fourth-order valence-electron chi connectivity index (χ4n) is 3.65. The molecule has 1 heterocycles. The van der Waals surface area contributed by atoms with Crippen molar-refractivity contribution in [1.82, 2.24) is 4.90 Å². The molecule has 0 aliphatic carbocycles. The maximum absolute atomic E-state index is 5.73. The van der Waals surface area contributed by atoms with Crippen molar-refractivity contribution in [3.8, 4) is 0 Å². The molecule has 2 nitrogen and oxygen atoms in total. The molecule has 1 rings (SSSR count). The van der Waals surface area contributed by atoms with Crippen molar-refractivity contribution in [3.63, 3.8) is 0 Å². The van der Waals surface area contributed by atoms with E-state index in [0.29, 0.717) is 0 Å². The zero-order valence-electron chi connectivity index (χ0n) is 13.4. The van der Waals surface area contributed by atoms with Crippen LogP contribution in [0.15, 0.2) is 0 Å². The first-order valence-electron chi connectivity index (χ1n) is 8.75. The smallest absolute Gasteiger partial charge is 0.00926 e. The maximum Gasteiger partial charge on any atom is 0.00926 e. The molecule has 0 aromatic carbocycles. The van der Waals surface area contributed by atoms with Gasteiger partial charge in [-0.1, -0.05) is 39.5 Å². The minimum Gasteiger partial charge on any atom is -0.330 e. The molecule has 2 heteroatoms. The average molecular weight is 268 g/mol. The lowest BCUT2D eigenvalue weighted by molar-refractivity contribution is 0.186. The van der Waals surface area contributed by atoms with Crippen molar-refractivity contribution in [1.29, 1.82) is 0 Å². The van der Waals surface area contributed by atoms with Gasteiger partial charge in [-0.05, 0) is 64.1 Å². The maximum atomic E-state index is 5.73. The van der Waals surface area contributed by atoms with Crippen LogP contribution in [0.5, 0.6) is 0 Å². The summed E-state index contributed by atoms with van der Waals surface area (Å²) in [6.07, 6.45) is 13.7. The third-order valence-corrected chi connectivity index (χ3v) is 4.80. The zero-order chi connectivity index (χ0) is 13.9. The molecule has 114 valence electrons. The average Bonchev–Trinajstić information content (AvgIpc) is 2.64. The second-order valence-corrected chi connectivity index (χ2v) is 6.32. The molecule has 1 saturated heterocycles. The second-order valence-electron chi connectivity index (χ2n) is 6.32. The summed E-state index contributed by atoms with van der Waals surface area (Å²) in [6.45, 7) is 8.19. The minimum absolute atomic E-state index is 0.863. The largest absolute Gasteiger partial charge is 0.330 e. The van der Waals surface area contributed by atoms with Gasteiger partial charge < -0.3 is 10.6 Å². The summed E-state index contributed by atoms with van der Waals surface area (Å²) in [6, 6.07) is 0.863. The zero-order valence-corrected chi connectivity index (χ0v) is 13.4. The fourth-order valence-corrected chi connectivity index (χ4v) is 3.65. The molecule has 2 atom stereocenters. The van der Waals surface area contributed by atoms with Crippen LogP contribution in [0, 0.1) is 5.92 Å². The van der Waals surface area contributed by atoms with Gasteiger partial charge in [-0.2, -0.15) is 0 Å². The van der Waals surface area contributed by atoms with Gasteiger partial charge in [-0.15, -0.1) is 0 Å². The first-order valence-corrected chi connectivity index (χ1v) is 8.75. The molecule has 19 heavy (non-hydrogen) atoms. The topological polar surface area (TPSA) is 29.3 Å². The molecule has 0 radical (unpaired) electrons. The van der Waals surface area contributed by atoms with Crippen LogP contribution >= 0.6 is 0 Å². The summed E-state index contributed by atoms with van der Waals surface area (Å²) in [5, 5.41) is 0. The Hall–Kier alpha value is -0.0800. The molecule has 1 aliphatic heterocycles. The summed E-state index contributed by atoms with van der Waals surface area (Å²) in [7, 11) is 0. The molecular weight excluding hydrogens is 232 g/mol. The van der Waals surface area contributed by atoms with E-state index in [0.717, 1.165) is 18.5 Å². The van der Waals surface area contributed by atoms with E-state index in [1.54, 1.807) is 0 Å². The van der Waals surface area contributed by atoms with Crippen molar-refractivity contribution < 1.29 is 0 Å². The van der Waals surface area contributed by atoms with E-state index < -0.39 is 0 Å². The van der Waals surface area contributed by atoms with Gasteiger partial charge in [-0.3, -0.25) is 0 Å². The second kappa shape index (κ2) is 10.7. The molecule has 0 amide bonds. The van der Waals surface area contributed by atoms with E-state index in [2.05, 4.69) is 18.7 Å². The van der Waals surface area contributed by atoms with Crippen LogP contribution in [0.2, 0.25) is 0 Å². The third-order valence-electron chi connectivity index (χ3n) is 4.80. The minimum atomic E-state index is 0.863. The van der Waals surface area contributed by atoms with Crippen LogP contribution in [0.4, 0.5) is 0 Å². The lowest BCUT2D eigenvalue weighted by Crippen LogP contribution is -2.35. The summed E-state index contributed by atoms with van der Waals surface area (Å²) in [5.41, 5.74) is 5.73.